The molecular formula is C20H23FN4O2. The maximum absolute atomic E-state index is 13.9. The highest BCUT2D eigenvalue weighted by atomic mass is 19.1. The smallest absolute Gasteiger partial charge is 0.269 e. The van der Waals surface area contributed by atoms with Gasteiger partial charge in [-0.25, -0.2) is 4.39 Å². The van der Waals surface area contributed by atoms with E-state index in [1.54, 1.807) is 29.2 Å². The van der Waals surface area contributed by atoms with Crippen LogP contribution in [0.5, 0.6) is 0 Å². The molecule has 7 heteroatoms. The van der Waals surface area contributed by atoms with Crippen LogP contribution < -0.4 is 10.2 Å². The van der Waals surface area contributed by atoms with E-state index in [1.165, 1.54) is 18.3 Å². The molecule has 1 aliphatic heterocycles. The molecule has 1 aromatic heterocycles. The van der Waals surface area contributed by atoms with Crippen molar-refractivity contribution in [3.8, 4) is 0 Å². The van der Waals surface area contributed by atoms with Gasteiger partial charge in [-0.3, -0.25) is 14.6 Å². The fourth-order valence-electron chi connectivity index (χ4n) is 3.06. The number of benzene rings is 1. The van der Waals surface area contributed by atoms with Gasteiger partial charge in [-0.2, -0.15) is 0 Å². The first kappa shape index (κ1) is 18.8. The average Bonchev–Trinajstić information content (AvgIpc) is 2.72. The number of hydrogen-bond acceptors (Lipinski definition) is 4. The van der Waals surface area contributed by atoms with Gasteiger partial charge in [0.2, 0.25) is 0 Å². The minimum absolute atomic E-state index is 0.143. The lowest BCUT2D eigenvalue weighted by atomic mass is 10.1. The number of pyridine rings is 1. The maximum atomic E-state index is 13.9. The Morgan fingerprint density at radius 1 is 1.15 bits per heavy atom. The van der Waals surface area contributed by atoms with Gasteiger partial charge < -0.3 is 15.1 Å². The predicted octanol–water partition coefficient (Wildman–Crippen LogP) is 2.32. The highest BCUT2D eigenvalue weighted by Crippen LogP contribution is 2.20. The van der Waals surface area contributed by atoms with Crippen LogP contribution in [0.4, 0.5) is 10.1 Å². The van der Waals surface area contributed by atoms with Crippen molar-refractivity contribution in [1.82, 2.24) is 15.2 Å². The van der Waals surface area contributed by atoms with Crippen LogP contribution in [-0.4, -0.2) is 54.4 Å². The summed E-state index contributed by atoms with van der Waals surface area (Å²) >= 11 is 0. The third-order valence-electron chi connectivity index (χ3n) is 4.54. The van der Waals surface area contributed by atoms with Crippen molar-refractivity contribution >= 4 is 17.5 Å². The first-order valence-electron chi connectivity index (χ1n) is 9.13. The third-order valence-corrected chi connectivity index (χ3v) is 4.54. The molecule has 6 nitrogen and oxygen atoms in total. The zero-order valence-electron chi connectivity index (χ0n) is 15.3. The van der Waals surface area contributed by atoms with Crippen molar-refractivity contribution < 1.29 is 14.0 Å². The second-order valence-electron chi connectivity index (χ2n) is 6.42. The number of para-hydroxylation sites is 1. The molecule has 3 rings (SSSR count). The Bertz CT molecular complexity index is 819. The molecule has 0 radical (unpaired) electrons. The molecule has 0 atom stereocenters. The Kier molecular flexibility index (Phi) is 6.01. The standard InChI is InChI=1S/C20H23FN4O2/c1-2-8-23-19(26)17-14-15(7-9-22-17)20(27)25-12-10-24(11-13-25)18-6-4-3-5-16(18)21/h3-7,9,14H,2,8,10-13H2,1H3,(H,23,26). The number of aromatic nitrogens is 1. The SMILES string of the molecule is CCCNC(=O)c1cc(C(=O)N2CCN(c3ccccc3F)CC2)ccn1. The number of anilines is 1. The van der Waals surface area contributed by atoms with Crippen molar-refractivity contribution in [2.24, 2.45) is 0 Å². The first-order chi connectivity index (χ1) is 13.1. The lowest BCUT2D eigenvalue weighted by molar-refractivity contribution is 0.0746. The summed E-state index contributed by atoms with van der Waals surface area (Å²) in [6, 6.07) is 9.79. The summed E-state index contributed by atoms with van der Waals surface area (Å²) in [6.45, 7) is 4.63. The molecule has 0 unspecified atom stereocenters. The van der Waals surface area contributed by atoms with Gasteiger partial charge in [-0.05, 0) is 30.7 Å². The van der Waals surface area contributed by atoms with E-state index in [0.29, 0.717) is 44.0 Å². The predicted molar refractivity (Wildman–Crippen MR) is 101 cm³/mol. The summed E-state index contributed by atoms with van der Waals surface area (Å²) < 4.78 is 13.9. The maximum Gasteiger partial charge on any atom is 0.269 e. The molecule has 0 saturated carbocycles. The fraction of sp³-hybridized carbons (Fsp3) is 0.350. The van der Waals surface area contributed by atoms with E-state index < -0.39 is 0 Å². The monoisotopic (exact) mass is 370 g/mol. The summed E-state index contributed by atoms with van der Waals surface area (Å²) in [4.78, 5) is 32.5. The van der Waals surface area contributed by atoms with Gasteiger partial charge in [0.15, 0.2) is 0 Å². The Balaban J connectivity index is 1.64. The molecule has 2 amide bonds. The number of nitrogens with one attached hydrogen (secondary N) is 1. The van der Waals surface area contributed by atoms with Crippen molar-refractivity contribution in [3.63, 3.8) is 0 Å². The normalized spacial score (nSPS) is 14.1. The zero-order chi connectivity index (χ0) is 19.2. The van der Waals surface area contributed by atoms with Crippen molar-refractivity contribution in [3.05, 3.63) is 59.7 Å². The molecule has 0 spiro atoms. The van der Waals surface area contributed by atoms with Gasteiger partial charge in [0, 0.05) is 44.5 Å². The van der Waals surface area contributed by atoms with Crippen LogP contribution in [-0.2, 0) is 0 Å². The van der Waals surface area contributed by atoms with Gasteiger partial charge in [0.25, 0.3) is 11.8 Å². The summed E-state index contributed by atoms with van der Waals surface area (Å²) in [5.41, 5.74) is 1.23. The Morgan fingerprint density at radius 3 is 2.59 bits per heavy atom. The van der Waals surface area contributed by atoms with E-state index in [1.807, 2.05) is 11.8 Å². The molecule has 1 saturated heterocycles. The van der Waals surface area contributed by atoms with Crippen LogP contribution in [0.25, 0.3) is 0 Å². The number of carbonyl (C=O) groups excluding carboxylic acids is 2. The Morgan fingerprint density at radius 2 is 1.89 bits per heavy atom. The van der Waals surface area contributed by atoms with Crippen LogP contribution in [0, 0.1) is 5.82 Å². The van der Waals surface area contributed by atoms with Crippen LogP contribution in [0.15, 0.2) is 42.6 Å². The van der Waals surface area contributed by atoms with Crippen LogP contribution in [0.1, 0.15) is 34.2 Å². The molecule has 2 aromatic rings. The quantitative estimate of drug-likeness (QED) is 0.877. The third kappa shape index (κ3) is 4.42. The van der Waals surface area contributed by atoms with E-state index in [-0.39, 0.29) is 23.3 Å². The highest BCUT2D eigenvalue weighted by molar-refractivity contribution is 5.98. The second kappa shape index (κ2) is 8.62. The molecule has 0 bridgehead atoms. The van der Waals surface area contributed by atoms with Crippen molar-refractivity contribution in [1.29, 1.82) is 0 Å². The van der Waals surface area contributed by atoms with Gasteiger partial charge in [0.1, 0.15) is 11.5 Å². The highest BCUT2D eigenvalue weighted by Gasteiger charge is 2.24. The molecule has 1 fully saturated rings. The zero-order valence-corrected chi connectivity index (χ0v) is 15.3. The van der Waals surface area contributed by atoms with Gasteiger partial charge in [-0.1, -0.05) is 19.1 Å². The molecule has 1 aliphatic rings. The van der Waals surface area contributed by atoms with E-state index >= 15 is 0 Å². The number of hydrogen-bond donors (Lipinski definition) is 1. The minimum Gasteiger partial charge on any atom is -0.366 e. The van der Waals surface area contributed by atoms with E-state index in [9.17, 15) is 14.0 Å². The van der Waals surface area contributed by atoms with Crippen molar-refractivity contribution in [2.45, 2.75) is 13.3 Å². The van der Waals surface area contributed by atoms with Crippen LogP contribution in [0.3, 0.4) is 0 Å². The summed E-state index contributed by atoms with van der Waals surface area (Å²) in [6.07, 6.45) is 2.31. The topological polar surface area (TPSA) is 65.5 Å². The first-order valence-corrected chi connectivity index (χ1v) is 9.13. The average molecular weight is 370 g/mol. The number of halogens is 1. The van der Waals surface area contributed by atoms with Crippen LogP contribution >= 0.6 is 0 Å². The molecule has 2 heterocycles. The Hall–Kier alpha value is -2.96. The van der Waals surface area contributed by atoms with Gasteiger partial charge in [0.05, 0.1) is 5.69 Å². The van der Waals surface area contributed by atoms with E-state index in [4.69, 9.17) is 0 Å². The number of carbonyl (C=O) groups is 2. The molecule has 0 aliphatic carbocycles. The number of nitrogens with zero attached hydrogens (tertiary/aromatic N) is 3. The van der Waals surface area contributed by atoms with Gasteiger partial charge in [-0.15, -0.1) is 0 Å². The fourth-order valence-corrected chi connectivity index (χ4v) is 3.06. The lowest BCUT2D eigenvalue weighted by Crippen LogP contribution is -2.49. The number of rotatable bonds is 5. The largest absolute Gasteiger partial charge is 0.366 e. The molecule has 1 aromatic carbocycles. The van der Waals surface area contributed by atoms with Crippen LogP contribution in [0.2, 0.25) is 0 Å². The molecule has 1 N–H and O–H groups in total. The number of amides is 2. The molecular weight excluding hydrogens is 347 g/mol. The number of piperazine rings is 1. The van der Waals surface area contributed by atoms with Gasteiger partial charge >= 0.3 is 0 Å². The molecule has 142 valence electrons. The summed E-state index contributed by atoms with van der Waals surface area (Å²) in [5, 5.41) is 2.76. The molecule has 27 heavy (non-hydrogen) atoms. The van der Waals surface area contributed by atoms with E-state index in [2.05, 4.69) is 10.3 Å². The summed E-state index contributed by atoms with van der Waals surface area (Å²) in [7, 11) is 0. The summed E-state index contributed by atoms with van der Waals surface area (Å²) in [5.74, 6) is -0.680. The second-order valence-corrected chi connectivity index (χ2v) is 6.42. The van der Waals surface area contributed by atoms with E-state index in [0.717, 1.165) is 6.42 Å². The minimum atomic E-state index is -0.282. The van der Waals surface area contributed by atoms with Crippen molar-refractivity contribution in [2.75, 3.05) is 37.6 Å². The Labute approximate surface area is 158 Å². The lowest BCUT2D eigenvalue weighted by Gasteiger charge is -2.36.